The summed E-state index contributed by atoms with van der Waals surface area (Å²) in [5, 5.41) is 0. The van der Waals surface area contributed by atoms with E-state index in [4.69, 9.17) is 0 Å². The van der Waals surface area contributed by atoms with E-state index in [1.807, 2.05) is 18.7 Å². The van der Waals surface area contributed by atoms with Crippen LogP contribution in [0.3, 0.4) is 0 Å². The largest absolute Gasteiger partial charge is 0.343 e. The van der Waals surface area contributed by atoms with Crippen molar-refractivity contribution in [2.24, 2.45) is 5.92 Å². The zero-order valence-electron chi connectivity index (χ0n) is 15.1. The molecule has 124 valence electrons. The van der Waals surface area contributed by atoms with Gasteiger partial charge in [-0.3, -0.25) is 4.79 Å². The third-order valence-electron chi connectivity index (χ3n) is 4.41. The molecule has 0 aliphatic heterocycles. The first-order valence-electron chi connectivity index (χ1n) is 9.19. The number of allylic oxidation sites excluding steroid dienone is 2. The molecule has 1 unspecified atom stereocenters. The molecule has 0 N–H and O–H groups in total. The van der Waals surface area contributed by atoms with Gasteiger partial charge in [0.1, 0.15) is 0 Å². The van der Waals surface area contributed by atoms with E-state index < -0.39 is 0 Å². The Hall–Kier alpha value is -0.790. The molecule has 2 heteroatoms. The van der Waals surface area contributed by atoms with Gasteiger partial charge in [0.2, 0.25) is 5.91 Å². The number of carbonyl (C=O) groups excluding carboxylic acids is 1. The molecular weight excluding hydrogens is 258 g/mol. The number of hydrogen-bond donors (Lipinski definition) is 0. The van der Waals surface area contributed by atoms with Crippen LogP contribution in [0.5, 0.6) is 0 Å². The smallest absolute Gasteiger partial charge is 0.222 e. The summed E-state index contributed by atoms with van der Waals surface area (Å²) in [5.41, 5.74) is 1.67. The van der Waals surface area contributed by atoms with E-state index in [1.54, 1.807) is 5.57 Å². The summed E-state index contributed by atoms with van der Waals surface area (Å²) >= 11 is 0. The van der Waals surface area contributed by atoms with Crippen molar-refractivity contribution in [1.29, 1.82) is 0 Å². The van der Waals surface area contributed by atoms with Gasteiger partial charge in [-0.25, -0.2) is 0 Å². The number of rotatable bonds is 8. The summed E-state index contributed by atoms with van der Waals surface area (Å²) in [4.78, 5) is 13.8. The van der Waals surface area contributed by atoms with Crippen LogP contribution in [0.4, 0.5) is 0 Å². The van der Waals surface area contributed by atoms with Crippen LogP contribution in [0.2, 0.25) is 0 Å². The van der Waals surface area contributed by atoms with E-state index in [1.165, 1.54) is 38.5 Å². The monoisotopic (exact) mass is 295 g/mol. The first kappa shape index (κ1) is 20.2. The SMILES string of the molecule is CC.CCC1=CCCCC1CCCCC(=O)N(CC)CC. The van der Waals surface area contributed by atoms with Crippen LogP contribution in [-0.4, -0.2) is 23.9 Å². The van der Waals surface area contributed by atoms with Gasteiger partial charge in [-0.1, -0.05) is 38.8 Å². The van der Waals surface area contributed by atoms with E-state index in [0.717, 1.165) is 31.8 Å². The molecule has 0 aromatic heterocycles. The van der Waals surface area contributed by atoms with Gasteiger partial charge in [0, 0.05) is 19.5 Å². The Labute approximate surface area is 133 Å². The predicted octanol–water partition coefficient (Wildman–Crippen LogP) is 5.58. The number of nitrogens with zero attached hydrogens (tertiary/aromatic N) is 1. The zero-order chi connectivity index (χ0) is 16.1. The highest BCUT2D eigenvalue weighted by atomic mass is 16.2. The Morgan fingerprint density at radius 3 is 2.43 bits per heavy atom. The first-order chi connectivity index (χ1) is 10.2. The van der Waals surface area contributed by atoms with Crippen LogP contribution in [0.25, 0.3) is 0 Å². The van der Waals surface area contributed by atoms with Gasteiger partial charge in [0.25, 0.3) is 0 Å². The van der Waals surface area contributed by atoms with E-state index in [-0.39, 0.29) is 0 Å². The molecule has 1 aliphatic carbocycles. The molecular formula is C19H37NO. The standard InChI is InChI=1S/C17H31NO.C2H6/c1-4-15-11-7-8-12-16(15)13-9-10-14-17(19)18(5-2)6-3;1-2/h11,16H,4-10,12-14H2,1-3H3;1-2H3. The Bertz CT molecular complexity index is 292. The highest BCUT2D eigenvalue weighted by molar-refractivity contribution is 5.76. The quantitative estimate of drug-likeness (QED) is 0.423. The molecule has 2 nitrogen and oxygen atoms in total. The maximum atomic E-state index is 11.9. The van der Waals surface area contributed by atoms with Crippen LogP contribution in [0, 0.1) is 5.92 Å². The molecule has 1 atom stereocenters. The summed E-state index contributed by atoms with van der Waals surface area (Å²) < 4.78 is 0. The zero-order valence-corrected chi connectivity index (χ0v) is 15.1. The van der Waals surface area contributed by atoms with Gasteiger partial charge in [0.05, 0.1) is 0 Å². The fourth-order valence-corrected chi connectivity index (χ4v) is 3.17. The topological polar surface area (TPSA) is 20.3 Å². The van der Waals surface area contributed by atoms with Crippen LogP contribution in [0.15, 0.2) is 11.6 Å². The highest BCUT2D eigenvalue weighted by Gasteiger charge is 2.16. The average Bonchev–Trinajstić information content (AvgIpc) is 2.55. The molecule has 0 saturated heterocycles. The van der Waals surface area contributed by atoms with Gasteiger partial charge in [-0.05, 0) is 58.3 Å². The molecule has 0 saturated carbocycles. The minimum atomic E-state index is 0.333. The molecule has 0 aromatic rings. The summed E-state index contributed by atoms with van der Waals surface area (Å²) in [6.07, 6.45) is 11.9. The minimum Gasteiger partial charge on any atom is -0.343 e. The van der Waals surface area contributed by atoms with Crippen molar-refractivity contribution in [1.82, 2.24) is 4.90 Å². The molecule has 0 spiro atoms. The minimum absolute atomic E-state index is 0.333. The van der Waals surface area contributed by atoms with Crippen LogP contribution < -0.4 is 0 Å². The molecule has 0 fully saturated rings. The summed E-state index contributed by atoms with van der Waals surface area (Å²) in [5.74, 6) is 1.14. The van der Waals surface area contributed by atoms with E-state index >= 15 is 0 Å². The van der Waals surface area contributed by atoms with Crippen molar-refractivity contribution in [3.63, 3.8) is 0 Å². The van der Waals surface area contributed by atoms with Gasteiger partial charge in [0.15, 0.2) is 0 Å². The molecule has 0 radical (unpaired) electrons. The lowest BCUT2D eigenvalue weighted by atomic mass is 9.83. The van der Waals surface area contributed by atoms with Crippen molar-refractivity contribution >= 4 is 5.91 Å². The van der Waals surface area contributed by atoms with Gasteiger partial charge < -0.3 is 4.90 Å². The Balaban J connectivity index is 0.00000191. The number of hydrogen-bond acceptors (Lipinski definition) is 1. The second-order valence-electron chi connectivity index (χ2n) is 5.57. The fraction of sp³-hybridized carbons (Fsp3) is 0.842. The third-order valence-corrected chi connectivity index (χ3v) is 4.41. The average molecular weight is 296 g/mol. The highest BCUT2D eigenvalue weighted by Crippen LogP contribution is 2.31. The summed E-state index contributed by atoms with van der Waals surface area (Å²) in [7, 11) is 0. The second kappa shape index (κ2) is 12.9. The Morgan fingerprint density at radius 1 is 1.19 bits per heavy atom. The lowest BCUT2D eigenvalue weighted by Gasteiger charge is -2.24. The maximum Gasteiger partial charge on any atom is 0.222 e. The van der Waals surface area contributed by atoms with Crippen molar-refractivity contribution in [2.75, 3.05) is 13.1 Å². The second-order valence-corrected chi connectivity index (χ2v) is 5.57. The van der Waals surface area contributed by atoms with Crippen molar-refractivity contribution in [3.8, 4) is 0 Å². The number of carbonyl (C=O) groups is 1. The van der Waals surface area contributed by atoms with Crippen molar-refractivity contribution in [3.05, 3.63) is 11.6 Å². The van der Waals surface area contributed by atoms with Gasteiger partial charge in [-0.2, -0.15) is 0 Å². The van der Waals surface area contributed by atoms with Gasteiger partial charge in [-0.15, -0.1) is 0 Å². The lowest BCUT2D eigenvalue weighted by Crippen LogP contribution is -2.30. The molecule has 0 heterocycles. The fourth-order valence-electron chi connectivity index (χ4n) is 3.17. The Kier molecular flexibility index (Phi) is 12.4. The van der Waals surface area contributed by atoms with E-state index in [0.29, 0.717) is 5.91 Å². The first-order valence-corrected chi connectivity index (χ1v) is 9.19. The third kappa shape index (κ3) is 7.68. The van der Waals surface area contributed by atoms with Crippen LogP contribution in [0.1, 0.15) is 86.0 Å². The summed E-state index contributed by atoms with van der Waals surface area (Å²) in [6, 6.07) is 0. The molecule has 0 aromatic carbocycles. The predicted molar refractivity (Wildman–Crippen MR) is 93.5 cm³/mol. The van der Waals surface area contributed by atoms with Crippen LogP contribution in [-0.2, 0) is 4.79 Å². The number of amides is 1. The van der Waals surface area contributed by atoms with Crippen LogP contribution >= 0.6 is 0 Å². The molecule has 1 amide bonds. The lowest BCUT2D eigenvalue weighted by molar-refractivity contribution is -0.130. The van der Waals surface area contributed by atoms with E-state index in [2.05, 4.69) is 26.8 Å². The van der Waals surface area contributed by atoms with Gasteiger partial charge >= 0.3 is 0 Å². The maximum absolute atomic E-state index is 11.9. The molecule has 0 bridgehead atoms. The van der Waals surface area contributed by atoms with E-state index in [9.17, 15) is 4.79 Å². The van der Waals surface area contributed by atoms with Crippen molar-refractivity contribution in [2.45, 2.75) is 86.0 Å². The van der Waals surface area contributed by atoms with Crippen molar-refractivity contribution < 1.29 is 4.79 Å². The molecule has 21 heavy (non-hydrogen) atoms. The molecule has 1 aliphatic rings. The molecule has 1 rings (SSSR count). The number of unbranched alkanes of at least 4 members (excludes halogenated alkanes) is 1. The summed E-state index contributed by atoms with van der Waals surface area (Å²) in [6.45, 7) is 12.1. The normalized spacial score (nSPS) is 17.6. The Morgan fingerprint density at radius 2 is 1.86 bits per heavy atom.